The highest BCUT2D eigenvalue weighted by atomic mass is 15.3. The molecule has 0 amide bonds. The van der Waals surface area contributed by atoms with E-state index in [0.717, 1.165) is 48.1 Å². The van der Waals surface area contributed by atoms with Gasteiger partial charge in [0.2, 0.25) is 5.95 Å². The van der Waals surface area contributed by atoms with Gasteiger partial charge in [-0.15, -0.1) is 0 Å². The largest absolute Gasteiger partial charge is 0.383 e. The van der Waals surface area contributed by atoms with Gasteiger partial charge in [-0.05, 0) is 54.5 Å². The minimum Gasteiger partial charge on any atom is -0.383 e. The van der Waals surface area contributed by atoms with Gasteiger partial charge in [0.1, 0.15) is 5.82 Å². The van der Waals surface area contributed by atoms with Crippen molar-refractivity contribution in [1.82, 2.24) is 20.2 Å². The van der Waals surface area contributed by atoms with Crippen LogP contribution in [0.1, 0.15) is 48.9 Å². The third-order valence-electron chi connectivity index (χ3n) is 6.87. The molecule has 6 heteroatoms. The molecule has 0 saturated heterocycles. The summed E-state index contributed by atoms with van der Waals surface area (Å²) in [5.74, 6) is 1.83. The molecule has 3 N–H and O–H groups in total. The third kappa shape index (κ3) is 3.65. The number of aromatic amines is 1. The fraction of sp³-hybridized carbons (Fsp3) is 0.296. The lowest BCUT2D eigenvalue weighted by molar-refractivity contribution is 0.800. The van der Waals surface area contributed by atoms with E-state index < -0.39 is 0 Å². The Labute approximate surface area is 193 Å². The molecule has 2 aliphatic rings. The number of fused-ring (bicyclic) bond motifs is 1. The second-order valence-electron chi connectivity index (χ2n) is 9.03. The highest BCUT2D eigenvalue weighted by Crippen LogP contribution is 2.41. The van der Waals surface area contributed by atoms with Gasteiger partial charge in [-0.2, -0.15) is 10.1 Å². The molecule has 6 rings (SSSR count). The topological polar surface area (TPSA) is 83.7 Å². The molecule has 4 aromatic rings. The van der Waals surface area contributed by atoms with Crippen LogP contribution in [0.5, 0.6) is 0 Å². The SMILES string of the molecule is CCc1ccccc1C1=CCN(c2nc(N)c3c(-c4cc(C5CC5)[nH]n4)cccc3n2)CC1. The molecule has 0 radical (unpaired) electrons. The molecule has 1 aliphatic carbocycles. The molecule has 0 atom stereocenters. The molecule has 1 saturated carbocycles. The summed E-state index contributed by atoms with van der Waals surface area (Å²) < 4.78 is 0. The predicted molar refractivity (Wildman–Crippen MR) is 134 cm³/mol. The number of aryl methyl sites for hydroxylation is 1. The van der Waals surface area contributed by atoms with Crippen LogP contribution in [0, 0.1) is 0 Å². The van der Waals surface area contributed by atoms with Crippen LogP contribution in [0.4, 0.5) is 11.8 Å². The summed E-state index contributed by atoms with van der Waals surface area (Å²) in [4.78, 5) is 11.8. The van der Waals surface area contributed by atoms with Gasteiger partial charge < -0.3 is 10.6 Å². The van der Waals surface area contributed by atoms with Crippen molar-refractivity contribution < 1.29 is 0 Å². The fourth-order valence-corrected chi connectivity index (χ4v) is 4.87. The molecule has 33 heavy (non-hydrogen) atoms. The monoisotopic (exact) mass is 436 g/mol. The molecule has 6 nitrogen and oxygen atoms in total. The smallest absolute Gasteiger partial charge is 0.228 e. The quantitative estimate of drug-likeness (QED) is 0.441. The normalized spacial score (nSPS) is 16.3. The van der Waals surface area contributed by atoms with Gasteiger partial charge in [-0.25, -0.2) is 4.98 Å². The molecule has 0 spiro atoms. The summed E-state index contributed by atoms with van der Waals surface area (Å²) in [6, 6.07) is 16.9. The number of anilines is 2. The Morgan fingerprint density at radius 3 is 2.70 bits per heavy atom. The molecule has 3 heterocycles. The number of aromatic nitrogens is 4. The maximum atomic E-state index is 6.51. The van der Waals surface area contributed by atoms with E-state index in [-0.39, 0.29) is 0 Å². The Morgan fingerprint density at radius 1 is 1.06 bits per heavy atom. The maximum Gasteiger partial charge on any atom is 0.228 e. The van der Waals surface area contributed by atoms with E-state index in [1.807, 2.05) is 12.1 Å². The molecule has 2 aromatic heterocycles. The first-order valence-electron chi connectivity index (χ1n) is 11.9. The van der Waals surface area contributed by atoms with E-state index in [1.54, 1.807) is 0 Å². The zero-order valence-electron chi connectivity index (χ0n) is 18.9. The van der Waals surface area contributed by atoms with Gasteiger partial charge in [0.25, 0.3) is 0 Å². The summed E-state index contributed by atoms with van der Waals surface area (Å²) in [5.41, 5.74) is 14.6. The Hall–Kier alpha value is -3.67. The zero-order chi connectivity index (χ0) is 22.4. The van der Waals surface area contributed by atoms with Crippen LogP contribution in [0.25, 0.3) is 27.7 Å². The highest BCUT2D eigenvalue weighted by Gasteiger charge is 2.26. The van der Waals surface area contributed by atoms with Crippen LogP contribution in [-0.2, 0) is 6.42 Å². The van der Waals surface area contributed by atoms with Gasteiger partial charge in [-0.1, -0.05) is 49.4 Å². The van der Waals surface area contributed by atoms with E-state index in [1.165, 1.54) is 35.2 Å². The summed E-state index contributed by atoms with van der Waals surface area (Å²) in [7, 11) is 0. The number of nitrogens with one attached hydrogen (secondary N) is 1. The Bertz CT molecular complexity index is 1360. The van der Waals surface area contributed by atoms with Crippen molar-refractivity contribution in [2.45, 2.75) is 38.5 Å². The van der Waals surface area contributed by atoms with E-state index in [2.05, 4.69) is 64.5 Å². The number of hydrogen-bond acceptors (Lipinski definition) is 5. The van der Waals surface area contributed by atoms with Crippen LogP contribution < -0.4 is 10.6 Å². The van der Waals surface area contributed by atoms with Crippen molar-refractivity contribution in [3.05, 3.63) is 71.4 Å². The summed E-state index contributed by atoms with van der Waals surface area (Å²) in [5, 5.41) is 8.62. The number of nitrogens with two attached hydrogens (primary N) is 1. The molecular weight excluding hydrogens is 408 g/mol. The van der Waals surface area contributed by atoms with Gasteiger partial charge in [0.05, 0.1) is 16.6 Å². The first-order valence-corrected chi connectivity index (χ1v) is 11.9. The summed E-state index contributed by atoms with van der Waals surface area (Å²) in [6.45, 7) is 3.87. The Morgan fingerprint density at radius 2 is 1.91 bits per heavy atom. The molecular formula is C27H28N6. The maximum absolute atomic E-state index is 6.51. The number of nitrogen functional groups attached to an aromatic ring is 1. The number of rotatable bonds is 5. The second-order valence-corrected chi connectivity index (χ2v) is 9.03. The zero-order valence-corrected chi connectivity index (χ0v) is 18.9. The van der Waals surface area contributed by atoms with E-state index in [4.69, 9.17) is 15.7 Å². The molecule has 0 unspecified atom stereocenters. The van der Waals surface area contributed by atoms with Gasteiger partial charge in [0.15, 0.2) is 0 Å². The average molecular weight is 437 g/mol. The third-order valence-corrected chi connectivity index (χ3v) is 6.87. The second kappa shape index (κ2) is 8.03. The minimum atomic E-state index is 0.507. The van der Waals surface area contributed by atoms with Crippen LogP contribution in [-0.4, -0.2) is 33.3 Å². The van der Waals surface area contributed by atoms with E-state index in [9.17, 15) is 0 Å². The number of hydrogen-bond donors (Lipinski definition) is 2. The lowest BCUT2D eigenvalue weighted by Crippen LogP contribution is -2.30. The van der Waals surface area contributed by atoms with Crippen molar-refractivity contribution in [2.75, 3.05) is 23.7 Å². The van der Waals surface area contributed by atoms with E-state index >= 15 is 0 Å². The van der Waals surface area contributed by atoms with Crippen molar-refractivity contribution in [3.63, 3.8) is 0 Å². The first-order chi connectivity index (χ1) is 16.2. The molecule has 166 valence electrons. The van der Waals surface area contributed by atoms with Crippen LogP contribution >= 0.6 is 0 Å². The van der Waals surface area contributed by atoms with Crippen molar-refractivity contribution in [1.29, 1.82) is 0 Å². The number of benzene rings is 2. The Balaban J connectivity index is 1.31. The van der Waals surface area contributed by atoms with Gasteiger partial charge in [0, 0.05) is 30.3 Å². The highest BCUT2D eigenvalue weighted by molar-refractivity contribution is 6.01. The van der Waals surface area contributed by atoms with Crippen molar-refractivity contribution in [2.24, 2.45) is 0 Å². The predicted octanol–water partition coefficient (Wildman–Crippen LogP) is 5.34. The van der Waals surface area contributed by atoms with Crippen molar-refractivity contribution in [3.8, 4) is 11.3 Å². The van der Waals surface area contributed by atoms with E-state index in [0.29, 0.717) is 17.7 Å². The molecule has 2 aromatic carbocycles. The van der Waals surface area contributed by atoms with Crippen LogP contribution in [0.2, 0.25) is 0 Å². The molecule has 1 aliphatic heterocycles. The summed E-state index contributed by atoms with van der Waals surface area (Å²) in [6.07, 6.45) is 6.79. The number of H-pyrrole nitrogens is 1. The van der Waals surface area contributed by atoms with Crippen LogP contribution in [0.3, 0.4) is 0 Å². The minimum absolute atomic E-state index is 0.507. The lowest BCUT2D eigenvalue weighted by Gasteiger charge is -2.27. The van der Waals surface area contributed by atoms with Gasteiger partial charge in [-0.3, -0.25) is 5.10 Å². The summed E-state index contributed by atoms with van der Waals surface area (Å²) >= 11 is 0. The fourth-order valence-electron chi connectivity index (χ4n) is 4.87. The molecule has 0 bridgehead atoms. The van der Waals surface area contributed by atoms with Crippen molar-refractivity contribution >= 4 is 28.2 Å². The van der Waals surface area contributed by atoms with Gasteiger partial charge >= 0.3 is 0 Å². The molecule has 1 fully saturated rings. The lowest BCUT2D eigenvalue weighted by atomic mass is 9.94. The standard InChI is InChI=1S/C27H28N6/c1-2-17-6-3-4-7-20(17)18-12-14-33(15-13-18)27-29-22-9-5-8-21(25(22)26(28)30-27)24-16-23(31-32-24)19-10-11-19/h3-9,12,16,19H,2,10-11,13-15H2,1H3,(H,31,32)(H2,28,29,30). The number of nitrogens with zero attached hydrogens (tertiary/aromatic N) is 4. The average Bonchev–Trinajstić information content (AvgIpc) is 3.60. The Kier molecular flexibility index (Phi) is 4.86. The first kappa shape index (κ1) is 20.0. The van der Waals surface area contributed by atoms with Crippen LogP contribution in [0.15, 0.2) is 54.6 Å².